The maximum absolute atomic E-state index is 12.3. The molecule has 3 heterocycles. The summed E-state index contributed by atoms with van der Waals surface area (Å²) in [5.74, 6) is 0. The Labute approximate surface area is 108 Å². The van der Waals surface area contributed by atoms with Gasteiger partial charge in [-0.25, -0.2) is 9.78 Å². The molecule has 0 N–H and O–H groups in total. The minimum absolute atomic E-state index is 0.299. The summed E-state index contributed by atoms with van der Waals surface area (Å²) in [6.45, 7) is 3.83. The highest BCUT2D eigenvalue weighted by molar-refractivity contribution is 5.82. The van der Waals surface area contributed by atoms with Gasteiger partial charge in [-0.1, -0.05) is 0 Å². The molecule has 19 heavy (non-hydrogen) atoms. The van der Waals surface area contributed by atoms with Crippen molar-refractivity contribution in [2.45, 2.75) is 13.8 Å². The minimum Gasteiger partial charge on any atom is -0.295 e. The Morgan fingerprint density at radius 3 is 2.42 bits per heavy atom. The molecule has 0 atom stereocenters. The molecule has 0 unspecified atom stereocenters. The zero-order chi connectivity index (χ0) is 13.9. The van der Waals surface area contributed by atoms with E-state index >= 15 is 0 Å². The second-order valence-corrected chi connectivity index (χ2v) is 4.82. The lowest BCUT2D eigenvalue weighted by Crippen LogP contribution is -2.37. The van der Waals surface area contributed by atoms with Crippen LogP contribution < -0.4 is 11.2 Å². The number of hydrogen-bond donors (Lipinski definition) is 0. The van der Waals surface area contributed by atoms with Gasteiger partial charge in [-0.15, -0.1) is 0 Å². The highest BCUT2D eigenvalue weighted by Gasteiger charge is 2.15. The third-order valence-corrected chi connectivity index (χ3v) is 3.46. The van der Waals surface area contributed by atoms with E-state index in [0.717, 1.165) is 16.0 Å². The second kappa shape index (κ2) is 3.57. The largest absolute Gasteiger partial charge is 0.331 e. The number of aryl methyl sites for hydroxylation is 3. The normalized spacial score (nSPS) is 11.6. The van der Waals surface area contributed by atoms with Gasteiger partial charge in [0.2, 0.25) is 0 Å². The summed E-state index contributed by atoms with van der Waals surface area (Å²) in [7, 11) is 3.15. The molecule has 98 valence electrons. The third-order valence-electron chi connectivity index (χ3n) is 3.46. The van der Waals surface area contributed by atoms with Crippen LogP contribution in [0, 0.1) is 13.8 Å². The predicted octanol–water partition coefficient (Wildman–Crippen LogP) is 0.502. The Kier molecular flexibility index (Phi) is 2.20. The number of nitrogens with zero attached hydrogens (tertiary/aromatic N) is 4. The van der Waals surface area contributed by atoms with Gasteiger partial charge in [-0.3, -0.25) is 18.3 Å². The number of fused-ring (bicyclic) bond motifs is 3. The van der Waals surface area contributed by atoms with Crippen molar-refractivity contribution in [1.82, 2.24) is 18.5 Å². The van der Waals surface area contributed by atoms with Crippen molar-refractivity contribution >= 4 is 16.7 Å². The SMILES string of the molecule is Cc1cc(C)n2c(cc3c2c(=O)n(C)c(=O)n3C)n1. The molecular formula is C13H14N4O2. The van der Waals surface area contributed by atoms with Crippen LogP contribution in [-0.4, -0.2) is 18.5 Å². The van der Waals surface area contributed by atoms with Crippen LogP contribution in [0.5, 0.6) is 0 Å². The van der Waals surface area contributed by atoms with Gasteiger partial charge in [0.15, 0.2) is 0 Å². The minimum atomic E-state index is -0.331. The molecular weight excluding hydrogens is 244 g/mol. The lowest BCUT2D eigenvalue weighted by Gasteiger charge is -2.06. The summed E-state index contributed by atoms with van der Waals surface area (Å²) in [5.41, 5.74) is 2.96. The third kappa shape index (κ3) is 1.39. The zero-order valence-electron chi connectivity index (χ0n) is 11.3. The van der Waals surface area contributed by atoms with Crippen molar-refractivity contribution in [3.05, 3.63) is 44.4 Å². The van der Waals surface area contributed by atoms with Crippen LogP contribution in [0.2, 0.25) is 0 Å². The van der Waals surface area contributed by atoms with Crippen LogP contribution in [0.15, 0.2) is 21.7 Å². The summed E-state index contributed by atoms with van der Waals surface area (Å²) in [5, 5.41) is 0. The standard InChI is InChI=1S/C13H14N4O2/c1-7-5-8(2)17-10(14-7)6-9-11(17)12(18)16(4)13(19)15(9)3/h5-6H,1-4H3. The highest BCUT2D eigenvalue weighted by atomic mass is 16.2. The summed E-state index contributed by atoms with van der Waals surface area (Å²) >= 11 is 0. The molecule has 0 aliphatic carbocycles. The van der Waals surface area contributed by atoms with Crippen LogP contribution in [0.3, 0.4) is 0 Å². The lowest BCUT2D eigenvalue weighted by molar-refractivity contribution is 0.711. The summed E-state index contributed by atoms with van der Waals surface area (Å²) in [4.78, 5) is 28.7. The van der Waals surface area contributed by atoms with Gasteiger partial charge in [0.25, 0.3) is 5.56 Å². The maximum Gasteiger partial charge on any atom is 0.331 e. The summed E-state index contributed by atoms with van der Waals surface area (Å²) in [6, 6.07) is 3.69. The van der Waals surface area contributed by atoms with Crippen molar-refractivity contribution < 1.29 is 0 Å². The van der Waals surface area contributed by atoms with E-state index in [2.05, 4.69) is 4.98 Å². The molecule has 0 spiro atoms. The fourth-order valence-corrected chi connectivity index (χ4v) is 2.54. The number of aromatic nitrogens is 4. The topological polar surface area (TPSA) is 61.3 Å². The smallest absolute Gasteiger partial charge is 0.295 e. The van der Waals surface area contributed by atoms with Gasteiger partial charge in [0.05, 0.1) is 5.52 Å². The molecule has 0 aromatic carbocycles. The first-order chi connectivity index (χ1) is 8.91. The Morgan fingerprint density at radius 2 is 1.74 bits per heavy atom. The van der Waals surface area contributed by atoms with Gasteiger partial charge in [-0.05, 0) is 19.9 Å². The summed E-state index contributed by atoms with van der Waals surface area (Å²) in [6.07, 6.45) is 0. The first-order valence-corrected chi connectivity index (χ1v) is 5.97. The Morgan fingerprint density at radius 1 is 1.05 bits per heavy atom. The molecule has 0 aliphatic heterocycles. The van der Waals surface area contributed by atoms with Crippen molar-refractivity contribution in [2.24, 2.45) is 14.1 Å². The fraction of sp³-hybridized carbons (Fsp3) is 0.308. The highest BCUT2D eigenvalue weighted by Crippen LogP contribution is 2.17. The van der Waals surface area contributed by atoms with Crippen molar-refractivity contribution in [2.75, 3.05) is 0 Å². The van der Waals surface area contributed by atoms with E-state index < -0.39 is 0 Å². The van der Waals surface area contributed by atoms with Gasteiger partial charge >= 0.3 is 5.69 Å². The first-order valence-electron chi connectivity index (χ1n) is 5.97. The second-order valence-electron chi connectivity index (χ2n) is 4.82. The van der Waals surface area contributed by atoms with Crippen LogP contribution in [0.25, 0.3) is 16.7 Å². The van der Waals surface area contributed by atoms with E-state index in [-0.39, 0.29) is 11.2 Å². The Balaban J connectivity index is 2.76. The van der Waals surface area contributed by atoms with Crippen LogP contribution in [0.1, 0.15) is 11.4 Å². The first kappa shape index (κ1) is 11.7. The molecule has 0 radical (unpaired) electrons. The molecule has 3 rings (SSSR count). The van der Waals surface area contributed by atoms with E-state index in [1.807, 2.05) is 19.9 Å². The fourth-order valence-electron chi connectivity index (χ4n) is 2.54. The molecule has 3 aromatic heterocycles. The van der Waals surface area contributed by atoms with Gasteiger partial charge < -0.3 is 0 Å². The van der Waals surface area contributed by atoms with E-state index in [1.165, 1.54) is 11.6 Å². The lowest BCUT2D eigenvalue weighted by atomic mass is 10.3. The van der Waals surface area contributed by atoms with Crippen molar-refractivity contribution in [1.29, 1.82) is 0 Å². The predicted molar refractivity (Wildman–Crippen MR) is 72.7 cm³/mol. The van der Waals surface area contributed by atoms with Crippen molar-refractivity contribution in [3.63, 3.8) is 0 Å². The van der Waals surface area contributed by atoms with E-state index in [4.69, 9.17) is 0 Å². The molecule has 6 heteroatoms. The Hall–Kier alpha value is -2.37. The van der Waals surface area contributed by atoms with Gasteiger partial charge in [-0.2, -0.15) is 0 Å². The van der Waals surface area contributed by atoms with Crippen LogP contribution in [-0.2, 0) is 14.1 Å². The zero-order valence-corrected chi connectivity index (χ0v) is 11.3. The Bertz CT molecular complexity index is 943. The monoisotopic (exact) mass is 258 g/mol. The molecule has 6 nitrogen and oxygen atoms in total. The molecule has 0 saturated heterocycles. The van der Waals surface area contributed by atoms with E-state index in [1.54, 1.807) is 17.5 Å². The van der Waals surface area contributed by atoms with E-state index in [9.17, 15) is 9.59 Å². The molecule has 0 aliphatic rings. The average Bonchev–Trinajstić information content (AvgIpc) is 2.73. The molecule has 0 fully saturated rings. The van der Waals surface area contributed by atoms with E-state index in [0.29, 0.717) is 16.7 Å². The molecule has 3 aromatic rings. The molecule has 0 bridgehead atoms. The van der Waals surface area contributed by atoms with Gasteiger partial charge in [0.1, 0.15) is 11.2 Å². The van der Waals surface area contributed by atoms with Crippen LogP contribution in [0.4, 0.5) is 0 Å². The molecule has 0 amide bonds. The number of rotatable bonds is 0. The quantitative estimate of drug-likeness (QED) is 0.590. The van der Waals surface area contributed by atoms with Crippen LogP contribution >= 0.6 is 0 Å². The maximum atomic E-state index is 12.3. The summed E-state index contributed by atoms with van der Waals surface area (Å²) < 4.78 is 4.39. The van der Waals surface area contributed by atoms with Gasteiger partial charge in [0, 0.05) is 31.5 Å². The average molecular weight is 258 g/mol. The van der Waals surface area contributed by atoms with Crippen molar-refractivity contribution in [3.8, 4) is 0 Å². The number of hydrogen-bond acceptors (Lipinski definition) is 3. The molecule has 0 saturated carbocycles.